The maximum Gasteiger partial charge on any atom is 0.252 e. The number of carbonyl (C=O) groups is 1. The number of amides is 1. The smallest absolute Gasteiger partial charge is 0.252 e. The number of pyridine rings is 1. The van der Waals surface area contributed by atoms with Crippen LogP contribution in [0.3, 0.4) is 0 Å². The first kappa shape index (κ1) is 16.7. The molecular weight excluding hydrogens is 348 g/mol. The molecule has 1 unspecified atom stereocenters. The van der Waals surface area contributed by atoms with Crippen LogP contribution in [0.2, 0.25) is 0 Å². The summed E-state index contributed by atoms with van der Waals surface area (Å²) in [6.45, 7) is 2.36. The summed E-state index contributed by atoms with van der Waals surface area (Å²) >= 11 is 1.60. The van der Waals surface area contributed by atoms with E-state index in [0.29, 0.717) is 11.4 Å². The molecule has 0 saturated carbocycles. The van der Waals surface area contributed by atoms with Gasteiger partial charge in [0.25, 0.3) is 5.91 Å². The fourth-order valence-electron chi connectivity index (χ4n) is 3.53. The topological polar surface area (TPSA) is 89.9 Å². The zero-order chi connectivity index (χ0) is 17.9. The van der Waals surface area contributed by atoms with Gasteiger partial charge in [-0.05, 0) is 25.0 Å². The van der Waals surface area contributed by atoms with Crippen molar-refractivity contribution in [3.63, 3.8) is 0 Å². The van der Waals surface area contributed by atoms with E-state index < -0.39 is 5.91 Å². The highest BCUT2D eigenvalue weighted by atomic mass is 32.1. The SMILES string of the molecule is NC(=O)c1cccnc1N1CCCC(c2nccn2Cc2cscn2)C1. The molecule has 1 aliphatic rings. The van der Waals surface area contributed by atoms with Crippen molar-refractivity contribution in [1.82, 2.24) is 19.5 Å². The molecule has 4 rings (SSSR count). The van der Waals surface area contributed by atoms with Crippen molar-refractivity contribution in [2.24, 2.45) is 5.73 Å². The summed E-state index contributed by atoms with van der Waals surface area (Å²) in [4.78, 5) is 27.3. The highest BCUT2D eigenvalue weighted by Crippen LogP contribution is 2.30. The largest absolute Gasteiger partial charge is 0.365 e. The third-order valence-corrected chi connectivity index (χ3v) is 5.34. The maximum atomic E-state index is 11.7. The molecule has 8 heteroatoms. The number of piperidine rings is 1. The van der Waals surface area contributed by atoms with E-state index in [1.165, 1.54) is 0 Å². The van der Waals surface area contributed by atoms with E-state index in [0.717, 1.165) is 44.0 Å². The number of anilines is 1. The molecule has 0 aliphatic carbocycles. The molecule has 0 spiro atoms. The van der Waals surface area contributed by atoms with Crippen LogP contribution >= 0.6 is 11.3 Å². The minimum Gasteiger partial charge on any atom is -0.365 e. The fourth-order valence-corrected chi connectivity index (χ4v) is 4.08. The molecule has 3 aromatic heterocycles. The predicted octanol–water partition coefficient (Wildman–Crippen LogP) is 2.27. The minimum atomic E-state index is -0.444. The predicted molar refractivity (Wildman–Crippen MR) is 100 cm³/mol. The molecule has 1 saturated heterocycles. The van der Waals surface area contributed by atoms with Crippen LogP contribution in [0.15, 0.2) is 41.6 Å². The number of aromatic nitrogens is 4. The molecule has 2 N–H and O–H groups in total. The van der Waals surface area contributed by atoms with Gasteiger partial charge in [0.05, 0.1) is 23.3 Å². The van der Waals surface area contributed by atoms with E-state index in [-0.39, 0.29) is 5.92 Å². The Bertz CT molecular complexity index is 891. The molecule has 134 valence electrons. The summed E-state index contributed by atoms with van der Waals surface area (Å²) in [7, 11) is 0. The quantitative estimate of drug-likeness (QED) is 0.746. The molecule has 1 atom stereocenters. The number of carbonyl (C=O) groups excluding carboxylic acids is 1. The molecule has 26 heavy (non-hydrogen) atoms. The van der Waals surface area contributed by atoms with Gasteiger partial charge in [-0.2, -0.15) is 0 Å². The van der Waals surface area contributed by atoms with E-state index >= 15 is 0 Å². The third-order valence-electron chi connectivity index (χ3n) is 4.70. The van der Waals surface area contributed by atoms with E-state index in [1.54, 1.807) is 29.7 Å². The number of hydrogen-bond donors (Lipinski definition) is 1. The Morgan fingerprint density at radius 2 is 2.23 bits per heavy atom. The number of primary amides is 1. The lowest BCUT2D eigenvalue weighted by molar-refractivity contribution is 0.100. The molecule has 0 aromatic carbocycles. The monoisotopic (exact) mass is 368 g/mol. The van der Waals surface area contributed by atoms with Gasteiger partial charge in [-0.25, -0.2) is 15.0 Å². The van der Waals surface area contributed by atoms with Crippen LogP contribution in [-0.4, -0.2) is 38.5 Å². The number of hydrogen-bond acceptors (Lipinski definition) is 6. The normalized spacial score (nSPS) is 17.4. The molecular formula is C18H20N6OS. The van der Waals surface area contributed by atoms with Gasteiger partial charge in [0.2, 0.25) is 0 Å². The van der Waals surface area contributed by atoms with Crippen LogP contribution in [0.25, 0.3) is 0 Å². The number of thiazole rings is 1. The van der Waals surface area contributed by atoms with Crippen molar-refractivity contribution in [2.75, 3.05) is 18.0 Å². The van der Waals surface area contributed by atoms with Gasteiger partial charge < -0.3 is 15.2 Å². The molecule has 1 fully saturated rings. The highest BCUT2D eigenvalue weighted by Gasteiger charge is 2.27. The Morgan fingerprint density at radius 3 is 3.04 bits per heavy atom. The molecule has 4 heterocycles. The second kappa shape index (κ2) is 7.25. The summed E-state index contributed by atoms with van der Waals surface area (Å²) in [5.74, 6) is 1.56. The zero-order valence-corrected chi connectivity index (χ0v) is 15.1. The van der Waals surface area contributed by atoms with Crippen LogP contribution in [0.4, 0.5) is 5.82 Å². The summed E-state index contributed by atoms with van der Waals surface area (Å²) in [6.07, 6.45) is 7.63. The van der Waals surface area contributed by atoms with Gasteiger partial charge in [-0.15, -0.1) is 11.3 Å². The highest BCUT2D eigenvalue weighted by molar-refractivity contribution is 7.07. The van der Waals surface area contributed by atoms with E-state index in [4.69, 9.17) is 5.73 Å². The first-order valence-electron chi connectivity index (χ1n) is 8.60. The Labute approximate surface area is 155 Å². The molecule has 3 aromatic rings. The Morgan fingerprint density at radius 1 is 1.31 bits per heavy atom. The van der Waals surface area contributed by atoms with E-state index in [2.05, 4.69) is 29.8 Å². The maximum absolute atomic E-state index is 11.7. The van der Waals surface area contributed by atoms with Gasteiger partial charge in [0, 0.05) is 43.0 Å². The van der Waals surface area contributed by atoms with E-state index in [9.17, 15) is 4.79 Å². The molecule has 0 bridgehead atoms. The molecule has 1 aliphatic heterocycles. The summed E-state index contributed by atoms with van der Waals surface area (Å²) in [6, 6.07) is 3.48. The van der Waals surface area contributed by atoms with Gasteiger partial charge in [0.1, 0.15) is 11.6 Å². The number of nitrogens with two attached hydrogens (primary N) is 1. The fraction of sp³-hybridized carbons (Fsp3) is 0.333. The van der Waals surface area contributed by atoms with Gasteiger partial charge in [0.15, 0.2) is 0 Å². The number of nitrogens with zero attached hydrogens (tertiary/aromatic N) is 5. The first-order valence-corrected chi connectivity index (χ1v) is 9.54. The molecule has 0 radical (unpaired) electrons. The standard InChI is InChI=1S/C18H20N6OS/c19-16(25)15-4-1-5-20-18(15)23-7-2-3-13(9-23)17-21-6-8-24(17)10-14-11-26-12-22-14/h1,4-6,8,11-13H,2-3,7,9-10H2,(H2,19,25). The van der Waals surface area contributed by atoms with Crippen molar-refractivity contribution in [3.8, 4) is 0 Å². The summed E-state index contributed by atoms with van der Waals surface area (Å²) in [5.41, 5.74) is 8.89. The molecule has 7 nitrogen and oxygen atoms in total. The lowest BCUT2D eigenvalue weighted by Crippen LogP contribution is -2.37. The average Bonchev–Trinajstić information content (AvgIpc) is 3.34. The third kappa shape index (κ3) is 3.32. The lowest BCUT2D eigenvalue weighted by atomic mass is 9.96. The van der Waals surface area contributed by atoms with E-state index in [1.807, 2.05) is 17.9 Å². The van der Waals surface area contributed by atoms with Crippen molar-refractivity contribution in [3.05, 3.63) is 58.7 Å². The van der Waals surface area contributed by atoms with Gasteiger partial charge in [-0.1, -0.05) is 0 Å². The zero-order valence-electron chi connectivity index (χ0n) is 14.3. The Balaban J connectivity index is 1.57. The number of imidazole rings is 1. The van der Waals surface area contributed by atoms with Crippen molar-refractivity contribution in [2.45, 2.75) is 25.3 Å². The average molecular weight is 368 g/mol. The van der Waals surface area contributed by atoms with Crippen molar-refractivity contribution < 1.29 is 4.79 Å². The molecule has 1 amide bonds. The van der Waals surface area contributed by atoms with Crippen molar-refractivity contribution >= 4 is 23.1 Å². The van der Waals surface area contributed by atoms with Crippen LogP contribution in [0.5, 0.6) is 0 Å². The number of rotatable bonds is 5. The van der Waals surface area contributed by atoms with Crippen molar-refractivity contribution in [1.29, 1.82) is 0 Å². The van der Waals surface area contributed by atoms with Crippen LogP contribution in [0.1, 0.15) is 40.6 Å². The second-order valence-electron chi connectivity index (χ2n) is 6.42. The van der Waals surface area contributed by atoms with Crippen LogP contribution in [-0.2, 0) is 6.54 Å². The Hall–Kier alpha value is -2.74. The summed E-state index contributed by atoms with van der Waals surface area (Å²) in [5, 5.41) is 2.06. The second-order valence-corrected chi connectivity index (χ2v) is 7.14. The Kier molecular flexibility index (Phi) is 4.66. The summed E-state index contributed by atoms with van der Waals surface area (Å²) < 4.78 is 2.16. The minimum absolute atomic E-state index is 0.278. The first-order chi connectivity index (χ1) is 12.7. The van der Waals surface area contributed by atoms with Gasteiger partial charge >= 0.3 is 0 Å². The van der Waals surface area contributed by atoms with Crippen LogP contribution in [0, 0.1) is 0 Å². The van der Waals surface area contributed by atoms with Crippen LogP contribution < -0.4 is 10.6 Å². The van der Waals surface area contributed by atoms with Gasteiger partial charge in [-0.3, -0.25) is 4.79 Å². The lowest BCUT2D eigenvalue weighted by Gasteiger charge is -2.34.